The maximum absolute atomic E-state index is 10.8. The Morgan fingerprint density at radius 1 is 1.27 bits per heavy atom. The van der Waals surface area contributed by atoms with Gasteiger partial charge in [0, 0.05) is 37.6 Å². The number of carboxylic acids is 1. The van der Waals surface area contributed by atoms with Crippen LogP contribution in [0.1, 0.15) is 26.4 Å². The number of carbonyl (C=O) groups is 1. The second-order valence-electron chi connectivity index (χ2n) is 5.57. The van der Waals surface area contributed by atoms with Crippen molar-refractivity contribution in [2.45, 2.75) is 19.5 Å². The molecule has 2 N–H and O–H groups in total. The highest BCUT2D eigenvalue weighted by Crippen LogP contribution is 2.23. The van der Waals surface area contributed by atoms with E-state index < -0.39 is 5.97 Å². The van der Waals surface area contributed by atoms with Crippen LogP contribution in [0.2, 0.25) is 0 Å². The van der Waals surface area contributed by atoms with Gasteiger partial charge in [-0.3, -0.25) is 4.90 Å². The predicted molar refractivity (Wildman–Crippen MR) is 88.4 cm³/mol. The highest BCUT2D eigenvalue weighted by Gasteiger charge is 2.16. The van der Waals surface area contributed by atoms with Crippen LogP contribution in [0.5, 0.6) is 0 Å². The second kappa shape index (κ2) is 7.05. The largest absolute Gasteiger partial charge is 0.478 e. The van der Waals surface area contributed by atoms with E-state index in [9.17, 15) is 4.79 Å². The molecule has 0 saturated carbocycles. The fourth-order valence-electron chi connectivity index (χ4n) is 2.73. The molecule has 5 heteroatoms. The minimum absolute atomic E-state index is 0.337. The van der Waals surface area contributed by atoms with Crippen LogP contribution in [0.3, 0.4) is 0 Å². The molecule has 1 aromatic heterocycles. The summed E-state index contributed by atoms with van der Waals surface area (Å²) in [6.45, 7) is 4.97. The fraction of sp³-hybridized carbons (Fsp3) is 0.353. The van der Waals surface area contributed by atoms with E-state index in [1.54, 1.807) is 17.0 Å². The molecule has 1 aliphatic rings. The lowest BCUT2D eigenvalue weighted by atomic mass is 10.1. The van der Waals surface area contributed by atoms with E-state index in [2.05, 4.69) is 21.7 Å². The summed E-state index contributed by atoms with van der Waals surface area (Å²) in [4.78, 5) is 14.8. The van der Waals surface area contributed by atoms with Crippen LogP contribution in [0.25, 0.3) is 0 Å². The molecule has 2 aromatic rings. The molecular weight excluding hydrogens is 296 g/mol. The van der Waals surface area contributed by atoms with E-state index in [-0.39, 0.29) is 0 Å². The zero-order chi connectivity index (χ0) is 15.4. The number of thiophene rings is 1. The summed E-state index contributed by atoms with van der Waals surface area (Å²) >= 11 is 1.87. The number of carboxylic acid groups (broad SMARTS) is 1. The van der Waals surface area contributed by atoms with Gasteiger partial charge in [-0.2, -0.15) is 0 Å². The van der Waals surface area contributed by atoms with Gasteiger partial charge in [-0.25, -0.2) is 4.79 Å². The molecule has 0 radical (unpaired) electrons. The van der Waals surface area contributed by atoms with Crippen LogP contribution in [0.4, 0.5) is 0 Å². The molecule has 0 amide bonds. The highest BCUT2D eigenvalue weighted by molar-refractivity contribution is 7.10. The van der Waals surface area contributed by atoms with E-state index in [0.29, 0.717) is 5.56 Å². The first-order valence-electron chi connectivity index (χ1n) is 7.53. The van der Waals surface area contributed by atoms with Gasteiger partial charge in [0.2, 0.25) is 0 Å². The SMILES string of the molecule is O=C(O)c1ccc(CNCCN2CCc3sccc3C2)cc1. The van der Waals surface area contributed by atoms with Gasteiger partial charge < -0.3 is 10.4 Å². The quantitative estimate of drug-likeness (QED) is 0.804. The van der Waals surface area contributed by atoms with E-state index >= 15 is 0 Å². The highest BCUT2D eigenvalue weighted by atomic mass is 32.1. The van der Waals surface area contributed by atoms with E-state index in [0.717, 1.165) is 38.3 Å². The third kappa shape index (κ3) is 3.74. The van der Waals surface area contributed by atoms with Crippen molar-refractivity contribution in [3.8, 4) is 0 Å². The first kappa shape index (κ1) is 15.2. The summed E-state index contributed by atoms with van der Waals surface area (Å²) in [5, 5.41) is 14.5. The molecule has 0 aliphatic carbocycles. The first-order chi connectivity index (χ1) is 10.7. The van der Waals surface area contributed by atoms with Crippen molar-refractivity contribution < 1.29 is 9.90 Å². The van der Waals surface area contributed by atoms with Gasteiger partial charge in [-0.15, -0.1) is 11.3 Å². The molecule has 1 aromatic carbocycles. The zero-order valence-corrected chi connectivity index (χ0v) is 13.2. The third-order valence-corrected chi connectivity index (χ3v) is 5.04. The Kier molecular flexibility index (Phi) is 4.87. The van der Waals surface area contributed by atoms with E-state index in [4.69, 9.17) is 5.11 Å². The number of aromatic carboxylic acids is 1. The second-order valence-corrected chi connectivity index (χ2v) is 6.57. The number of nitrogens with zero attached hydrogens (tertiary/aromatic N) is 1. The van der Waals surface area contributed by atoms with Crippen LogP contribution in [-0.4, -0.2) is 35.6 Å². The average Bonchev–Trinajstić information content (AvgIpc) is 2.99. The predicted octanol–water partition coefficient (Wildman–Crippen LogP) is 2.59. The average molecular weight is 316 g/mol. The molecule has 0 unspecified atom stereocenters. The van der Waals surface area contributed by atoms with Gasteiger partial charge in [-0.1, -0.05) is 12.1 Å². The van der Waals surface area contributed by atoms with E-state index in [1.165, 1.54) is 12.0 Å². The van der Waals surface area contributed by atoms with Crippen molar-refractivity contribution in [2.75, 3.05) is 19.6 Å². The summed E-state index contributed by atoms with van der Waals surface area (Å²) < 4.78 is 0. The lowest BCUT2D eigenvalue weighted by Crippen LogP contribution is -2.35. The summed E-state index contributed by atoms with van der Waals surface area (Å²) in [7, 11) is 0. The van der Waals surface area contributed by atoms with Crippen molar-refractivity contribution in [1.29, 1.82) is 0 Å². The van der Waals surface area contributed by atoms with Gasteiger partial charge in [0.05, 0.1) is 5.56 Å². The topological polar surface area (TPSA) is 52.6 Å². The number of rotatable bonds is 6. The van der Waals surface area contributed by atoms with Gasteiger partial charge in [-0.05, 0) is 41.1 Å². The molecule has 0 bridgehead atoms. The Morgan fingerprint density at radius 2 is 2.09 bits per heavy atom. The fourth-order valence-corrected chi connectivity index (χ4v) is 3.62. The van der Waals surface area contributed by atoms with Crippen molar-refractivity contribution >= 4 is 17.3 Å². The lowest BCUT2D eigenvalue weighted by molar-refractivity contribution is 0.0697. The van der Waals surface area contributed by atoms with Gasteiger partial charge >= 0.3 is 5.97 Å². The summed E-state index contributed by atoms with van der Waals surface area (Å²) in [5.74, 6) is -0.877. The Bertz CT molecular complexity index is 636. The summed E-state index contributed by atoms with van der Waals surface area (Å²) in [5.41, 5.74) is 2.94. The van der Waals surface area contributed by atoms with Crippen LogP contribution in [-0.2, 0) is 19.5 Å². The molecule has 22 heavy (non-hydrogen) atoms. The van der Waals surface area contributed by atoms with Crippen molar-refractivity contribution in [2.24, 2.45) is 0 Å². The molecule has 2 heterocycles. The molecule has 0 spiro atoms. The molecule has 0 atom stereocenters. The molecule has 0 fully saturated rings. The number of nitrogens with one attached hydrogen (secondary N) is 1. The standard InChI is InChI=1S/C17H20N2O2S/c20-17(21)14-3-1-13(2-4-14)11-18-7-9-19-8-5-16-15(12-19)6-10-22-16/h1-4,6,10,18H,5,7-9,11-12H2,(H,20,21). The molecule has 4 nitrogen and oxygen atoms in total. The Balaban J connectivity index is 1.40. The molecule has 3 rings (SSSR count). The number of hydrogen-bond acceptors (Lipinski definition) is 4. The first-order valence-corrected chi connectivity index (χ1v) is 8.41. The van der Waals surface area contributed by atoms with E-state index in [1.807, 2.05) is 23.5 Å². The molecule has 0 saturated heterocycles. The lowest BCUT2D eigenvalue weighted by Gasteiger charge is -2.26. The Labute approximate surface area is 134 Å². The monoisotopic (exact) mass is 316 g/mol. The summed E-state index contributed by atoms with van der Waals surface area (Å²) in [6, 6.07) is 9.29. The zero-order valence-electron chi connectivity index (χ0n) is 12.4. The van der Waals surface area contributed by atoms with Crippen LogP contribution < -0.4 is 5.32 Å². The maximum atomic E-state index is 10.8. The van der Waals surface area contributed by atoms with Crippen molar-refractivity contribution in [1.82, 2.24) is 10.2 Å². The molecular formula is C17H20N2O2S. The minimum Gasteiger partial charge on any atom is -0.478 e. The maximum Gasteiger partial charge on any atom is 0.335 e. The third-order valence-electron chi connectivity index (χ3n) is 4.02. The Hall–Kier alpha value is -1.69. The smallest absolute Gasteiger partial charge is 0.335 e. The molecule has 1 aliphatic heterocycles. The Morgan fingerprint density at radius 3 is 2.86 bits per heavy atom. The summed E-state index contributed by atoms with van der Waals surface area (Å²) in [6.07, 6.45) is 1.17. The van der Waals surface area contributed by atoms with Crippen molar-refractivity contribution in [3.63, 3.8) is 0 Å². The number of benzene rings is 1. The number of fused-ring (bicyclic) bond motifs is 1. The van der Waals surface area contributed by atoms with Crippen molar-refractivity contribution in [3.05, 3.63) is 57.3 Å². The van der Waals surface area contributed by atoms with Gasteiger partial charge in [0.15, 0.2) is 0 Å². The normalized spacial score (nSPS) is 14.7. The number of hydrogen-bond donors (Lipinski definition) is 2. The van der Waals surface area contributed by atoms with Gasteiger partial charge in [0.1, 0.15) is 0 Å². The van der Waals surface area contributed by atoms with Crippen LogP contribution >= 0.6 is 11.3 Å². The van der Waals surface area contributed by atoms with Crippen LogP contribution in [0.15, 0.2) is 35.7 Å². The van der Waals surface area contributed by atoms with Gasteiger partial charge in [0.25, 0.3) is 0 Å². The molecule has 116 valence electrons. The van der Waals surface area contributed by atoms with Crippen LogP contribution in [0, 0.1) is 0 Å². The minimum atomic E-state index is -0.877.